The van der Waals surface area contributed by atoms with Crippen LogP contribution in [0.15, 0.2) is 53.1 Å². The van der Waals surface area contributed by atoms with Gasteiger partial charge in [0, 0.05) is 30.3 Å². The lowest BCUT2D eigenvalue weighted by Crippen LogP contribution is -2.40. The first-order valence-electron chi connectivity index (χ1n) is 10.4. The molecule has 0 saturated carbocycles. The van der Waals surface area contributed by atoms with Crippen molar-refractivity contribution >= 4 is 5.91 Å². The molecule has 3 aromatic rings. The molecule has 1 heterocycles. The first-order valence-corrected chi connectivity index (χ1v) is 10.4. The molecule has 0 fully saturated rings. The summed E-state index contributed by atoms with van der Waals surface area (Å²) in [6.45, 7) is 7.01. The van der Waals surface area contributed by atoms with Crippen LogP contribution in [0.4, 0.5) is 17.6 Å². The quantitative estimate of drug-likeness (QED) is 0.487. The molecule has 0 aliphatic heterocycles. The zero-order chi connectivity index (χ0) is 24.6. The van der Waals surface area contributed by atoms with E-state index >= 15 is 0 Å². The van der Waals surface area contributed by atoms with Crippen molar-refractivity contribution in [2.45, 2.75) is 39.5 Å². The lowest BCUT2D eigenvalue weighted by molar-refractivity contribution is -0.159. The van der Waals surface area contributed by atoms with E-state index in [0.29, 0.717) is 24.2 Å². The number of halogens is 4. The van der Waals surface area contributed by atoms with Gasteiger partial charge in [0.15, 0.2) is 0 Å². The highest BCUT2D eigenvalue weighted by molar-refractivity contribution is 5.94. The van der Waals surface area contributed by atoms with Gasteiger partial charge in [0.05, 0.1) is 0 Å². The number of alkyl halides is 3. The predicted octanol–water partition coefficient (Wildman–Crippen LogP) is 5.17. The topological polar surface area (TPSA) is 71.3 Å². The molecule has 0 aliphatic rings. The van der Waals surface area contributed by atoms with Crippen LogP contribution in [0.25, 0.3) is 11.4 Å². The molecule has 0 radical (unpaired) electrons. The van der Waals surface area contributed by atoms with Gasteiger partial charge in [-0.3, -0.25) is 4.79 Å². The molecule has 1 atom stereocenters. The van der Waals surface area contributed by atoms with E-state index in [1.54, 1.807) is 12.1 Å². The van der Waals surface area contributed by atoms with Crippen LogP contribution in [-0.2, 0) is 12.7 Å². The standard InChI is InChI=1S/C21H20F4N4O2.C2H6/c1-13(11-29(2)12-14-3-9-17(22)10-4-14)26-19(30)16-7-5-15(6-8-16)18-27-20(31-28-18)21(23,24)25;1-2/h3-10,13H,11-12H2,1-2H3,(H,26,30);1-2H3/t13-;/m1./s1. The largest absolute Gasteiger partial charge is 0.471 e. The van der Waals surface area contributed by atoms with Crippen molar-refractivity contribution in [1.82, 2.24) is 20.4 Å². The molecule has 6 nitrogen and oxygen atoms in total. The minimum Gasteiger partial charge on any atom is -0.348 e. The number of aromatic nitrogens is 2. The lowest BCUT2D eigenvalue weighted by Gasteiger charge is -2.22. The zero-order valence-corrected chi connectivity index (χ0v) is 18.8. The molecular formula is C23H26F4N4O2. The summed E-state index contributed by atoms with van der Waals surface area (Å²) in [5, 5.41) is 6.18. The van der Waals surface area contributed by atoms with E-state index in [-0.39, 0.29) is 23.6 Å². The van der Waals surface area contributed by atoms with Crippen molar-refractivity contribution in [3.63, 3.8) is 0 Å². The summed E-state index contributed by atoms with van der Waals surface area (Å²) in [6.07, 6.45) is -4.72. The van der Waals surface area contributed by atoms with E-state index in [0.717, 1.165) is 5.56 Å². The molecular weight excluding hydrogens is 440 g/mol. The minimum absolute atomic E-state index is 0.177. The second-order valence-corrected chi connectivity index (χ2v) is 7.20. The maximum Gasteiger partial charge on any atom is 0.471 e. The Bertz CT molecular complexity index is 1020. The molecule has 3 rings (SSSR count). The van der Waals surface area contributed by atoms with E-state index in [4.69, 9.17) is 0 Å². The zero-order valence-electron chi connectivity index (χ0n) is 18.8. The fourth-order valence-corrected chi connectivity index (χ4v) is 3.01. The van der Waals surface area contributed by atoms with Crippen LogP contribution in [0.1, 0.15) is 42.6 Å². The predicted molar refractivity (Wildman–Crippen MR) is 116 cm³/mol. The third-order valence-corrected chi connectivity index (χ3v) is 4.40. The van der Waals surface area contributed by atoms with Gasteiger partial charge < -0.3 is 14.7 Å². The number of carbonyl (C=O) groups is 1. The summed E-state index contributed by atoms with van der Waals surface area (Å²) in [4.78, 5) is 17.8. The van der Waals surface area contributed by atoms with Crippen LogP contribution in [0.3, 0.4) is 0 Å². The van der Waals surface area contributed by atoms with Crippen molar-refractivity contribution in [2.75, 3.05) is 13.6 Å². The SMILES string of the molecule is CC.C[C@H](CN(C)Cc1ccc(F)cc1)NC(=O)c1ccc(-c2noc(C(F)(F)F)n2)cc1. The van der Waals surface area contributed by atoms with Crippen molar-refractivity contribution in [1.29, 1.82) is 0 Å². The maximum atomic E-state index is 13.0. The molecule has 0 spiro atoms. The van der Waals surface area contributed by atoms with Gasteiger partial charge in [0.2, 0.25) is 5.82 Å². The van der Waals surface area contributed by atoms with Crippen molar-refractivity contribution < 1.29 is 26.9 Å². The van der Waals surface area contributed by atoms with Gasteiger partial charge in [-0.05, 0) is 43.8 Å². The Morgan fingerprint density at radius 1 is 1.09 bits per heavy atom. The Balaban J connectivity index is 0.00000187. The summed E-state index contributed by atoms with van der Waals surface area (Å²) in [7, 11) is 1.89. The first-order chi connectivity index (χ1) is 15.6. The monoisotopic (exact) mass is 466 g/mol. The normalized spacial score (nSPS) is 12.2. The van der Waals surface area contributed by atoms with E-state index in [2.05, 4.69) is 20.0 Å². The number of amides is 1. The molecule has 1 amide bonds. The third-order valence-electron chi connectivity index (χ3n) is 4.40. The highest BCUT2D eigenvalue weighted by Gasteiger charge is 2.38. The summed E-state index contributed by atoms with van der Waals surface area (Å²) < 4.78 is 54.9. The van der Waals surface area contributed by atoms with Crippen molar-refractivity contribution in [3.8, 4) is 11.4 Å². The van der Waals surface area contributed by atoms with E-state index in [9.17, 15) is 22.4 Å². The summed E-state index contributed by atoms with van der Waals surface area (Å²) >= 11 is 0. The molecule has 0 aliphatic carbocycles. The van der Waals surface area contributed by atoms with Crippen LogP contribution < -0.4 is 5.32 Å². The number of benzene rings is 2. The van der Waals surface area contributed by atoms with Crippen LogP contribution in [0.5, 0.6) is 0 Å². The van der Waals surface area contributed by atoms with Gasteiger partial charge in [0.1, 0.15) is 5.82 Å². The van der Waals surface area contributed by atoms with Gasteiger partial charge in [-0.1, -0.05) is 43.3 Å². The van der Waals surface area contributed by atoms with Gasteiger partial charge in [-0.2, -0.15) is 18.2 Å². The first kappa shape index (κ1) is 26.0. The lowest BCUT2D eigenvalue weighted by atomic mass is 10.1. The van der Waals surface area contributed by atoms with Crippen LogP contribution in [0.2, 0.25) is 0 Å². The molecule has 10 heteroatoms. The molecule has 2 aromatic carbocycles. The van der Waals surface area contributed by atoms with Gasteiger partial charge in [-0.15, -0.1) is 0 Å². The fraction of sp³-hybridized carbons (Fsp3) is 0.348. The van der Waals surface area contributed by atoms with Crippen LogP contribution >= 0.6 is 0 Å². The second kappa shape index (κ2) is 11.6. The number of likely N-dealkylation sites (N-methyl/N-ethyl adjacent to an activating group) is 1. The number of hydrogen-bond acceptors (Lipinski definition) is 5. The number of carbonyl (C=O) groups excluding carboxylic acids is 1. The number of nitrogens with zero attached hydrogens (tertiary/aromatic N) is 3. The highest BCUT2D eigenvalue weighted by Crippen LogP contribution is 2.29. The Morgan fingerprint density at radius 2 is 1.70 bits per heavy atom. The third kappa shape index (κ3) is 7.67. The Labute approximate surface area is 189 Å². The second-order valence-electron chi connectivity index (χ2n) is 7.20. The maximum absolute atomic E-state index is 13.0. The van der Waals surface area contributed by atoms with Gasteiger partial charge in [-0.25, -0.2) is 4.39 Å². The van der Waals surface area contributed by atoms with Crippen molar-refractivity contribution in [2.24, 2.45) is 0 Å². The average molecular weight is 466 g/mol. The summed E-state index contributed by atoms with van der Waals surface area (Å²) in [5.74, 6) is -2.26. The van der Waals surface area contributed by atoms with Crippen molar-refractivity contribution in [3.05, 3.63) is 71.4 Å². The Hall–Kier alpha value is -3.27. The highest BCUT2D eigenvalue weighted by atomic mass is 19.4. The van der Waals surface area contributed by atoms with Crippen LogP contribution in [0, 0.1) is 5.82 Å². The summed E-state index contributed by atoms with van der Waals surface area (Å²) in [5.41, 5.74) is 1.59. The van der Waals surface area contributed by atoms with Crippen LogP contribution in [-0.4, -0.2) is 40.6 Å². The minimum atomic E-state index is -4.72. The van der Waals surface area contributed by atoms with E-state index in [1.807, 2.05) is 32.7 Å². The Morgan fingerprint density at radius 3 is 2.24 bits per heavy atom. The molecule has 33 heavy (non-hydrogen) atoms. The molecule has 0 bridgehead atoms. The van der Waals surface area contributed by atoms with E-state index < -0.39 is 12.1 Å². The van der Waals surface area contributed by atoms with Gasteiger partial charge in [0.25, 0.3) is 5.91 Å². The van der Waals surface area contributed by atoms with E-state index in [1.165, 1.54) is 36.4 Å². The molecule has 0 saturated heterocycles. The molecule has 1 N–H and O–H groups in total. The number of hydrogen-bond donors (Lipinski definition) is 1. The molecule has 1 aromatic heterocycles. The fourth-order valence-electron chi connectivity index (χ4n) is 3.01. The van der Waals surface area contributed by atoms with Gasteiger partial charge >= 0.3 is 12.1 Å². The summed E-state index contributed by atoms with van der Waals surface area (Å²) in [6, 6.07) is 11.9. The number of rotatable bonds is 7. The smallest absolute Gasteiger partial charge is 0.348 e. The molecule has 178 valence electrons. The number of nitrogens with one attached hydrogen (secondary N) is 1. The Kier molecular flexibility index (Phi) is 9.10. The average Bonchev–Trinajstić information content (AvgIpc) is 3.28. The molecule has 0 unspecified atom stereocenters.